The van der Waals surface area contributed by atoms with Gasteiger partial charge < -0.3 is 4.57 Å². The lowest BCUT2D eigenvalue weighted by Crippen LogP contribution is -1.97. The third-order valence-electron chi connectivity index (χ3n) is 2.69. The van der Waals surface area contributed by atoms with Crippen LogP contribution in [0.25, 0.3) is 10.9 Å². The minimum atomic E-state index is 0.862. The number of aromatic nitrogens is 2. The minimum Gasteiger partial charge on any atom is -0.343 e. The van der Waals surface area contributed by atoms with Crippen molar-refractivity contribution in [3.05, 3.63) is 66.6 Å². The Hall–Kier alpha value is -2.09. The summed E-state index contributed by atoms with van der Waals surface area (Å²) in [4.78, 5) is 4.13. The van der Waals surface area contributed by atoms with Crippen molar-refractivity contribution in [1.29, 1.82) is 0 Å². The molecule has 0 aliphatic heterocycles. The molecule has 0 aliphatic rings. The van der Waals surface area contributed by atoms with Crippen molar-refractivity contribution >= 4 is 10.9 Å². The molecule has 0 aliphatic carbocycles. The molecule has 3 rings (SSSR count). The van der Waals surface area contributed by atoms with Crippen molar-refractivity contribution in [3.8, 4) is 0 Å². The third kappa shape index (κ3) is 1.58. The Morgan fingerprint density at radius 1 is 1.25 bits per heavy atom. The van der Waals surface area contributed by atoms with Crippen LogP contribution in [0.2, 0.25) is 0 Å². The topological polar surface area (TPSA) is 17.8 Å². The van der Waals surface area contributed by atoms with Crippen LogP contribution in [0.15, 0.2) is 55.0 Å². The first-order chi connectivity index (χ1) is 7.93. The molecular formula is C14H11N2. The molecule has 0 saturated heterocycles. The summed E-state index contributed by atoms with van der Waals surface area (Å²) in [6, 6.07) is 15.3. The first-order valence-corrected chi connectivity index (χ1v) is 5.27. The second-order valence-corrected chi connectivity index (χ2v) is 3.79. The van der Waals surface area contributed by atoms with Gasteiger partial charge in [-0.05, 0) is 35.9 Å². The molecule has 0 bridgehead atoms. The van der Waals surface area contributed by atoms with Crippen LogP contribution >= 0.6 is 0 Å². The van der Waals surface area contributed by atoms with E-state index in [-0.39, 0.29) is 0 Å². The highest BCUT2D eigenvalue weighted by molar-refractivity contribution is 5.79. The van der Waals surface area contributed by atoms with E-state index in [1.54, 1.807) is 6.20 Å². The van der Waals surface area contributed by atoms with Gasteiger partial charge in [0.2, 0.25) is 0 Å². The van der Waals surface area contributed by atoms with Crippen LogP contribution in [0.4, 0.5) is 0 Å². The number of rotatable bonds is 2. The van der Waals surface area contributed by atoms with E-state index in [0.29, 0.717) is 0 Å². The molecule has 2 nitrogen and oxygen atoms in total. The fourth-order valence-electron chi connectivity index (χ4n) is 1.91. The van der Waals surface area contributed by atoms with E-state index >= 15 is 0 Å². The number of hydrogen-bond donors (Lipinski definition) is 0. The molecule has 2 aromatic heterocycles. The van der Waals surface area contributed by atoms with Crippen molar-refractivity contribution in [3.63, 3.8) is 0 Å². The zero-order chi connectivity index (χ0) is 10.8. The summed E-state index contributed by atoms with van der Waals surface area (Å²) in [6.45, 7) is 0.862. The summed E-state index contributed by atoms with van der Waals surface area (Å²) < 4.78 is 2.22. The largest absolute Gasteiger partial charge is 0.343 e. The summed E-state index contributed by atoms with van der Waals surface area (Å²) in [5.74, 6) is 0. The third-order valence-corrected chi connectivity index (χ3v) is 2.69. The van der Waals surface area contributed by atoms with E-state index < -0.39 is 0 Å². The second kappa shape index (κ2) is 3.81. The standard InChI is InChI=1S/C14H11N2/c1-2-6-14-13(5-1)7-9-16(14)11-12-4-3-8-15-10-12/h2-10H,11H2. The maximum atomic E-state index is 4.13. The van der Waals surface area contributed by atoms with Crippen molar-refractivity contribution in [1.82, 2.24) is 9.55 Å². The lowest BCUT2D eigenvalue weighted by Gasteiger charge is -2.04. The number of hydrogen-bond acceptors (Lipinski definition) is 1. The first kappa shape index (κ1) is 9.16. The van der Waals surface area contributed by atoms with Gasteiger partial charge in [-0.2, -0.15) is 0 Å². The van der Waals surface area contributed by atoms with Crippen LogP contribution in [0.1, 0.15) is 5.56 Å². The fraction of sp³-hybridized carbons (Fsp3) is 0.0714. The lowest BCUT2D eigenvalue weighted by atomic mass is 10.2. The number of fused-ring (bicyclic) bond motifs is 1. The molecule has 3 aromatic rings. The Morgan fingerprint density at radius 3 is 3.12 bits per heavy atom. The molecular weight excluding hydrogens is 196 g/mol. The van der Waals surface area contributed by atoms with Gasteiger partial charge in [0.25, 0.3) is 0 Å². The van der Waals surface area contributed by atoms with Gasteiger partial charge in [0.15, 0.2) is 0 Å². The predicted octanol–water partition coefficient (Wildman–Crippen LogP) is 2.88. The van der Waals surface area contributed by atoms with Gasteiger partial charge in [0, 0.05) is 36.0 Å². The summed E-state index contributed by atoms with van der Waals surface area (Å²) >= 11 is 0. The molecule has 2 heteroatoms. The average molecular weight is 207 g/mol. The van der Waals surface area contributed by atoms with Crippen LogP contribution < -0.4 is 0 Å². The van der Waals surface area contributed by atoms with Crippen molar-refractivity contribution in [2.75, 3.05) is 0 Å². The second-order valence-electron chi connectivity index (χ2n) is 3.79. The minimum absolute atomic E-state index is 0.862. The molecule has 1 radical (unpaired) electrons. The Morgan fingerprint density at radius 2 is 2.25 bits per heavy atom. The van der Waals surface area contributed by atoms with E-state index in [4.69, 9.17) is 0 Å². The van der Waals surface area contributed by atoms with Gasteiger partial charge in [0.1, 0.15) is 0 Å². The zero-order valence-electron chi connectivity index (χ0n) is 8.80. The SMILES string of the molecule is [c]1ccc2c(c1)ccn2Cc1cccnc1. The van der Waals surface area contributed by atoms with Gasteiger partial charge in [-0.3, -0.25) is 4.98 Å². The normalized spacial score (nSPS) is 10.8. The Balaban J connectivity index is 2.01. The monoisotopic (exact) mass is 207 g/mol. The maximum Gasteiger partial charge on any atom is 0.0491 e. The Bertz CT molecular complexity index is 596. The number of benzene rings is 1. The van der Waals surface area contributed by atoms with Gasteiger partial charge in [-0.1, -0.05) is 12.1 Å². The van der Waals surface area contributed by atoms with Gasteiger partial charge in [-0.25, -0.2) is 0 Å². The van der Waals surface area contributed by atoms with Gasteiger partial charge >= 0.3 is 0 Å². The number of nitrogens with zero attached hydrogens (tertiary/aromatic N) is 2. The zero-order valence-corrected chi connectivity index (χ0v) is 8.80. The molecule has 0 unspecified atom stereocenters. The molecule has 2 heterocycles. The number of pyridine rings is 1. The van der Waals surface area contributed by atoms with Crippen LogP contribution in [0, 0.1) is 6.07 Å². The Labute approximate surface area is 94.2 Å². The molecule has 16 heavy (non-hydrogen) atoms. The molecule has 77 valence electrons. The van der Waals surface area contributed by atoms with Crippen LogP contribution in [-0.2, 0) is 6.54 Å². The van der Waals surface area contributed by atoms with E-state index in [9.17, 15) is 0 Å². The van der Waals surface area contributed by atoms with E-state index in [2.05, 4.69) is 40.0 Å². The van der Waals surface area contributed by atoms with Crippen LogP contribution in [0.3, 0.4) is 0 Å². The quantitative estimate of drug-likeness (QED) is 0.631. The Kier molecular flexibility index (Phi) is 2.18. The van der Waals surface area contributed by atoms with Crippen LogP contribution in [0.5, 0.6) is 0 Å². The maximum absolute atomic E-state index is 4.13. The summed E-state index contributed by atoms with van der Waals surface area (Å²) in [7, 11) is 0. The molecule has 0 N–H and O–H groups in total. The van der Waals surface area contributed by atoms with E-state index in [1.165, 1.54) is 16.5 Å². The molecule has 0 atom stereocenters. The molecule has 0 spiro atoms. The van der Waals surface area contributed by atoms with E-state index in [0.717, 1.165) is 6.54 Å². The van der Waals surface area contributed by atoms with E-state index in [1.807, 2.05) is 24.4 Å². The van der Waals surface area contributed by atoms with Gasteiger partial charge in [0.05, 0.1) is 0 Å². The highest BCUT2D eigenvalue weighted by Gasteiger charge is 2.00. The molecule has 0 fully saturated rings. The van der Waals surface area contributed by atoms with Crippen molar-refractivity contribution in [2.45, 2.75) is 6.54 Å². The van der Waals surface area contributed by atoms with Gasteiger partial charge in [-0.15, -0.1) is 0 Å². The highest BCUT2D eigenvalue weighted by Crippen LogP contribution is 2.15. The predicted molar refractivity (Wildman–Crippen MR) is 64.1 cm³/mol. The summed E-state index contributed by atoms with van der Waals surface area (Å²) in [5.41, 5.74) is 2.45. The average Bonchev–Trinajstić information content (AvgIpc) is 2.74. The van der Waals surface area contributed by atoms with Crippen molar-refractivity contribution in [2.24, 2.45) is 0 Å². The van der Waals surface area contributed by atoms with Crippen molar-refractivity contribution < 1.29 is 0 Å². The first-order valence-electron chi connectivity index (χ1n) is 5.27. The highest BCUT2D eigenvalue weighted by atomic mass is 14.9. The van der Waals surface area contributed by atoms with Crippen LogP contribution in [-0.4, -0.2) is 9.55 Å². The molecule has 0 saturated carbocycles. The fourth-order valence-corrected chi connectivity index (χ4v) is 1.91. The smallest absolute Gasteiger partial charge is 0.0491 e. The summed E-state index contributed by atoms with van der Waals surface area (Å²) in [6.07, 6.45) is 5.80. The molecule has 0 amide bonds. The molecule has 1 aromatic carbocycles. The summed E-state index contributed by atoms with van der Waals surface area (Å²) in [5, 5.41) is 1.23. The lowest BCUT2D eigenvalue weighted by molar-refractivity contribution is 0.831.